The minimum Gasteiger partial charge on any atom is -0.497 e. The minimum absolute atomic E-state index is 0.584. The highest BCUT2D eigenvalue weighted by Crippen LogP contribution is 2.17. The summed E-state index contributed by atoms with van der Waals surface area (Å²) in [6, 6.07) is 7.74. The Labute approximate surface area is 108 Å². The van der Waals surface area contributed by atoms with Gasteiger partial charge in [-0.2, -0.15) is 0 Å². The van der Waals surface area contributed by atoms with Crippen molar-refractivity contribution < 1.29 is 4.74 Å². The van der Waals surface area contributed by atoms with Crippen molar-refractivity contribution in [2.45, 2.75) is 6.54 Å². The van der Waals surface area contributed by atoms with Crippen LogP contribution in [0.3, 0.4) is 0 Å². The van der Waals surface area contributed by atoms with Crippen LogP contribution in [0.1, 0.15) is 5.82 Å². The molecule has 0 unspecified atom stereocenters. The number of benzene rings is 1. The third kappa shape index (κ3) is 3.42. The molecule has 88 valence electrons. The molecule has 1 N–H and O–H groups in total. The fraction of sp³-hybridized carbons (Fsp3) is 0.167. The number of anilines is 1. The smallest absolute Gasteiger partial charge is 0.147 e. The van der Waals surface area contributed by atoms with E-state index in [0.717, 1.165) is 21.7 Å². The lowest BCUT2D eigenvalue weighted by molar-refractivity contribution is 0.415. The van der Waals surface area contributed by atoms with E-state index in [1.54, 1.807) is 19.5 Å². The highest BCUT2D eigenvalue weighted by Gasteiger charge is 1.98. The van der Waals surface area contributed by atoms with Crippen molar-refractivity contribution in [1.29, 1.82) is 0 Å². The van der Waals surface area contributed by atoms with Gasteiger partial charge in [-0.1, -0.05) is 6.07 Å². The molecular formula is C12H12BrN3O. The molecule has 0 fully saturated rings. The van der Waals surface area contributed by atoms with E-state index < -0.39 is 0 Å². The molecule has 17 heavy (non-hydrogen) atoms. The Morgan fingerprint density at radius 2 is 2.06 bits per heavy atom. The molecule has 0 aliphatic rings. The van der Waals surface area contributed by atoms with Crippen molar-refractivity contribution in [3.8, 4) is 5.75 Å². The fourth-order valence-corrected chi connectivity index (χ4v) is 1.55. The van der Waals surface area contributed by atoms with E-state index in [0.29, 0.717) is 6.54 Å². The van der Waals surface area contributed by atoms with Crippen LogP contribution in [-0.2, 0) is 6.54 Å². The average Bonchev–Trinajstić information content (AvgIpc) is 2.38. The number of nitrogens with one attached hydrogen (secondary N) is 1. The topological polar surface area (TPSA) is 47.0 Å². The summed E-state index contributed by atoms with van der Waals surface area (Å²) >= 11 is 3.30. The van der Waals surface area contributed by atoms with E-state index in [9.17, 15) is 0 Å². The van der Waals surface area contributed by atoms with Crippen LogP contribution in [-0.4, -0.2) is 17.1 Å². The first kappa shape index (κ1) is 11.9. The fourth-order valence-electron chi connectivity index (χ4n) is 1.34. The second-order valence-electron chi connectivity index (χ2n) is 3.40. The molecule has 0 aliphatic carbocycles. The summed E-state index contributed by atoms with van der Waals surface area (Å²) in [6.45, 7) is 0.584. The minimum atomic E-state index is 0.584. The maximum Gasteiger partial charge on any atom is 0.147 e. The van der Waals surface area contributed by atoms with Gasteiger partial charge in [0.2, 0.25) is 0 Å². The van der Waals surface area contributed by atoms with Crippen LogP contribution in [0.15, 0.2) is 41.1 Å². The molecule has 0 saturated heterocycles. The van der Waals surface area contributed by atoms with E-state index in [-0.39, 0.29) is 0 Å². The molecule has 1 aromatic heterocycles. The standard InChI is InChI=1S/C12H12BrN3O/c1-17-11-4-2-3-10(5-11)14-8-12-15-6-9(13)7-16-12/h2-7,14H,8H2,1H3. The third-order valence-corrected chi connectivity index (χ3v) is 2.60. The van der Waals surface area contributed by atoms with E-state index in [4.69, 9.17) is 4.74 Å². The van der Waals surface area contributed by atoms with Crippen LogP contribution >= 0.6 is 15.9 Å². The monoisotopic (exact) mass is 293 g/mol. The zero-order chi connectivity index (χ0) is 12.1. The lowest BCUT2D eigenvalue weighted by Crippen LogP contribution is -2.03. The molecule has 0 radical (unpaired) electrons. The predicted octanol–water partition coefficient (Wildman–Crippen LogP) is 2.86. The summed E-state index contributed by atoms with van der Waals surface area (Å²) < 4.78 is 6.02. The summed E-state index contributed by atoms with van der Waals surface area (Å²) in [5.41, 5.74) is 0.982. The molecule has 0 amide bonds. The second-order valence-corrected chi connectivity index (χ2v) is 4.32. The molecule has 5 heteroatoms. The molecule has 0 aliphatic heterocycles. The Kier molecular flexibility index (Phi) is 3.93. The van der Waals surface area contributed by atoms with Gasteiger partial charge in [-0.05, 0) is 28.1 Å². The van der Waals surface area contributed by atoms with Crippen LogP contribution < -0.4 is 10.1 Å². The van der Waals surface area contributed by atoms with Crippen LogP contribution in [0.2, 0.25) is 0 Å². The number of hydrogen-bond acceptors (Lipinski definition) is 4. The highest BCUT2D eigenvalue weighted by molar-refractivity contribution is 9.10. The molecule has 1 heterocycles. The quantitative estimate of drug-likeness (QED) is 0.942. The van der Waals surface area contributed by atoms with Gasteiger partial charge in [0, 0.05) is 24.1 Å². The van der Waals surface area contributed by atoms with E-state index in [1.165, 1.54) is 0 Å². The van der Waals surface area contributed by atoms with E-state index >= 15 is 0 Å². The first-order valence-electron chi connectivity index (χ1n) is 5.12. The van der Waals surface area contributed by atoms with Gasteiger partial charge in [0.25, 0.3) is 0 Å². The van der Waals surface area contributed by atoms with Crippen molar-refractivity contribution in [3.05, 3.63) is 47.0 Å². The lowest BCUT2D eigenvalue weighted by atomic mass is 10.3. The van der Waals surface area contributed by atoms with E-state index in [2.05, 4.69) is 31.2 Å². The Hall–Kier alpha value is -1.62. The largest absolute Gasteiger partial charge is 0.497 e. The molecule has 0 bridgehead atoms. The normalized spacial score (nSPS) is 10.0. The summed E-state index contributed by atoms with van der Waals surface area (Å²) in [6.07, 6.45) is 3.46. The van der Waals surface area contributed by atoms with Crippen LogP contribution in [0.5, 0.6) is 5.75 Å². The zero-order valence-electron chi connectivity index (χ0n) is 9.35. The molecule has 0 atom stereocenters. The summed E-state index contributed by atoms with van der Waals surface area (Å²) in [4.78, 5) is 8.37. The molecular weight excluding hydrogens is 282 g/mol. The van der Waals surface area contributed by atoms with Crippen LogP contribution in [0, 0.1) is 0 Å². The number of ether oxygens (including phenoxy) is 1. The first-order chi connectivity index (χ1) is 8.28. The maximum absolute atomic E-state index is 5.15. The van der Waals surface area contributed by atoms with Gasteiger partial charge in [0.1, 0.15) is 11.6 Å². The Balaban J connectivity index is 1.99. The molecule has 0 spiro atoms. The number of halogens is 1. The number of hydrogen-bond donors (Lipinski definition) is 1. The van der Waals surface area contributed by atoms with Crippen LogP contribution in [0.4, 0.5) is 5.69 Å². The predicted molar refractivity (Wildman–Crippen MR) is 70.1 cm³/mol. The van der Waals surface area contributed by atoms with Gasteiger partial charge in [0.05, 0.1) is 18.1 Å². The molecule has 2 aromatic rings. The Bertz CT molecular complexity index is 487. The van der Waals surface area contributed by atoms with Gasteiger partial charge in [-0.15, -0.1) is 0 Å². The van der Waals surface area contributed by atoms with Gasteiger partial charge < -0.3 is 10.1 Å². The van der Waals surface area contributed by atoms with Crippen molar-refractivity contribution in [2.24, 2.45) is 0 Å². The Morgan fingerprint density at radius 1 is 1.29 bits per heavy atom. The Morgan fingerprint density at radius 3 is 2.76 bits per heavy atom. The van der Waals surface area contributed by atoms with Gasteiger partial charge in [-0.25, -0.2) is 9.97 Å². The maximum atomic E-state index is 5.15. The molecule has 4 nitrogen and oxygen atoms in total. The van der Waals surface area contributed by atoms with Gasteiger partial charge in [-0.3, -0.25) is 0 Å². The first-order valence-corrected chi connectivity index (χ1v) is 5.91. The van der Waals surface area contributed by atoms with Gasteiger partial charge >= 0.3 is 0 Å². The lowest BCUT2D eigenvalue weighted by Gasteiger charge is -2.07. The molecule has 2 rings (SSSR count). The SMILES string of the molecule is COc1cccc(NCc2ncc(Br)cn2)c1. The van der Waals surface area contributed by atoms with Crippen molar-refractivity contribution in [3.63, 3.8) is 0 Å². The highest BCUT2D eigenvalue weighted by atomic mass is 79.9. The van der Waals surface area contributed by atoms with Crippen molar-refractivity contribution in [1.82, 2.24) is 9.97 Å². The van der Waals surface area contributed by atoms with E-state index in [1.807, 2.05) is 24.3 Å². The summed E-state index contributed by atoms with van der Waals surface area (Å²) in [5.74, 6) is 1.57. The second kappa shape index (κ2) is 5.63. The number of methoxy groups -OCH3 is 1. The number of nitrogens with zero attached hydrogens (tertiary/aromatic N) is 2. The van der Waals surface area contributed by atoms with Crippen molar-refractivity contribution >= 4 is 21.6 Å². The van der Waals surface area contributed by atoms with Crippen LogP contribution in [0.25, 0.3) is 0 Å². The third-order valence-electron chi connectivity index (χ3n) is 2.19. The molecule has 1 aromatic carbocycles. The number of rotatable bonds is 4. The summed E-state index contributed by atoms with van der Waals surface area (Å²) in [7, 11) is 1.65. The van der Waals surface area contributed by atoms with Gasteiger partial charge in [0.15, 0.2) is 0 Å². The number of aromatic nitrogens is 2. The average molecular weight is 294 g/mol. The zero-order valence-corrected chi connectivity index (χ0v) is 10.9. The van der Waals surface area contributed by atoms with Crippen molar-refractivity contribution in [2.75, 3.05) is 12.4 Å². The summed E-state index contributed by atoms with van der Waals surface area (Å²) in [5, 5.41) is 3.23. The molecule has 0 saturated carbocycles.